The normalized spacial score (nSPS) is 11.9. The molecule has 0 unspecified atom stereocenters. The van der Waals surface area contributed by atoms with Gasteiger partial charge in [0.25, 0.3) is 5.91 Å². The van der Waals surface area contributed by atoms with E-state index in [2.05, 4.69) is 19.7 Å². The van der Waals surface area contributed by atoms with Gasteiger partial charge in [0.2, 0.25) is 0 Å². The number of alkyl halides is 3. The number of nitrogens with one attached hydrogen (secondary N) is 1. The first-order valence-corrected chi connectivity index (χ1v) is 10.7. The Labute approximate surface area is 189 Å². The second-order valence-electron chi connectivity index (χ2n) is 7.43. The number of aryl methyl sites for hydroxylation is 1. The van der Waals surface area contributed by atoms with Crippen molar-refractivity contribution in [1.29, 1.82) is 0 Å². The van der Waals surface area contributed by atoms with Gasteiger partial charge in [0.15, 0.2) is 5.65 Å². The predicted octanol–water partition coefficient (Wildman–Crippen LogP) is 5.29. The van der Waals surface area contributed by atoms with Crippen molar-refractivity contribution in [3.63, 3.8) is 0 Å². The van der Waals surface area contributed by atoms with E-state index >= 15 is 0 Å². The third kappa shape index (κ3) is 3.82. The molecular weight excluding hydrogens is 451 g/mol. The molecule has 0 spiro atoms. The number of halogens is 3. The fourth-order valence-electron chi connectivity index (χ4n) is 3.77. The van der Waals surface area contributed by atoms with Crippen LogP contribution in [0.15, 0.2) is 61.1 Å². The molecule has 0 aliphatic carbocycles. The SMILES string of the molecule is Cc1snc2c1c1cc(C(=O)NCc3ccncn3)ccc1n2-c1ccc(C(F)(F)F)cc1. The van der Waals surface area contributed by atoms with E-state index < -0.39 is 11.7 Å². The predicted molar refractivity (Wildman–Crippen MR) is 119 cm³/mol. The van der Waals surface area contributed by atoms with Crippen LogP contribution in [-0.2, 0) is 12.7 Å². The van der Waals surface area contributed by atoms with Gasteiger partial charge in [0.05, 0.1) is 23.3 Å². The van der Waals surface area contributed by atoms with E-state index in [0.29, 0.717) is 22.6 Å². The van der Waals surface area contributed by atoms with Crippen molar-refractivity contribution in [1.82, 2.24) is 24.2 Å². The molecule has 166 valence electrons. The Bertz CT molecular complexity index is 1470. The van der Waals surface area contributed by atoms with Gasteiger partial charge in [0, 0.05) is 33.1 Å². The minimum absolute atomic E-state index is 0.258. The molecule has 0 saturated carbocycles. The summed E-state index contributed by atoms with van der Waals surface area (Å²) >= 11 is 1.31. The van der Waals surface area contributed by atoms with Crippen LogP contribution in [0.2, 0.25) is 0 Å². The van der Waals surface area contributed by atoms with Crippen molar-refractivity contribution in [3.8, 4) is 5.69 Å². The van der Waals surface area contributed by atoms with Crippen molar-refractivity contribution in [2.75, 3.05) is 0 Å². The Hall–Kier alpha value is -3.79. The van der Waals surface area contributed by atoms with Gasteiger partial charge >= 0.3 is 6.18 Å². The first kappa shape index (κ1) is 21.1. The Morgan fingerprint density at radius 2 is 1.91 bits per heavy atom. The minimum Gasteiger partial charge on any atom is -0.346 e. The topological polar surface area (TPSA) is 72.7 Å². The fourth-order valence-corrected chi connectivity index (χ4v) is 4.46. The molecular formula is C23H16F3N5OS. The van der Waals surface area contributed by atoms with Crippen LogP contribution < -0.4 is 5.32 Å². The lowest BCUT2D eigenvalue weighted by Gasteiger charge is -2.10. The molecule has 6 nitrogen and oxygen atoms in total. The second kappa shape index (κ2) is 7.96. The molecule has 1 amide bonds. The van der Waals surface area contributed by atoms with Gasteiger partial charge in [-0.2, -0.15) is 17.5 Å². The molecule has 33 heavy (non-hydrogen) atoms. The van der Waals surface area contributed by atoms with Crippen LogP contribution in [0.4, 0.5) is 13.2 Å². The van der Waals surface area contributed by atoms with Crippen LogP contribution in [0, 0.1) is 6.92 Å². The van der Waals surface area contributed by atoms with Gasteiger partial charge in [-0.1, -0.05) is 0 Å². The van der Waals surface area contributed by atoms with Gasteiger partial charge in [-0.3, -0.25) is 9.36 Å². The van der Waals surface area contributed by atoms with Gasteiger partial charge in [-0.15, -0.1) is 0 Å². The second-order valence-corrected chi connectivity index (χ2v) is 8.41. The molecule has 0 radical (unpaired) electrons. The zero-order chi connectivity index (χ0) is 23.2. The number of fused-ring (bicyclic) bond motifs is 3. The van der Waals surface area contributed by atoms with Gasteiger partial charge in [-0.25, -0.2) is 9.97 Å². The molecule has 0 fully saturated rings. The number of hydrogen-bond acceptors (Lipinski definition) is 5. The van der Waals surface area contributed by atoms with Crippen LogP contribution in [0.3, 0.4) is 0 Å². The summed E-state index contributed by atoms with van der Waals surface area (Å²) < 4.78 is 45.3. The molecule has 0 aliphatic heterocycles. The lowest BCUT2D eigenvalue weighted by molar-refractivity contribution is -0.137. The van der Waals surface area contributed by atoms with Crippen LogP contribution in [-0.4, -0.2) is 24.8 Å². The third-order valence-electron chi connectivity index (χ3n) is 5.35. The third-order valence-corrected chi connectivity index (χ3v) is 6.09. The van der Waals surface area contributed by atoms with E-state index in [4.69, 9.17) is 0 Å². The molecule has 5 aromatic rings. The number of hydrogen-bond donors (Lipinski definition) is 1. The average Bonchev–Trinajstić information content (AvgIpc) is 3.34. The highest BCUT2D eigenvalue weighted by molar-refractivity contribution is 7.07. The van der Waals surface area contributed by atoms with Crippen molar-refractivity contribution in [2.24, 2.45) is 0 Å². The summed E-state index contributed by atoms with van der Waals surface area (Å²) in [5, 5.41) is 4.53. The number of carbonyl (C=O) groups excluding carboxylic acids is 1. The Morgan fingerprint density at radius 3 is 2.61 bits per heavy atom. The number of nitrogens with zero attached hydrogens (tertiary/aromatic N) is 4. The largest absolute Gasteiger partial charge is 0.416 e. The quantitative estimate of drug-likeness (QED) is 0.390. The molecule has 2 aromatic carbocycles. The van der Waals surface area contributed by atoms with Gasteiger partial charge < -0.3 is 5.32 Å². The summed E-state index contributed by atoms with van der Waals surface area (Å²) in [5.41, 5.74) is 2.41. The molecule has 3 aromatic heterocycles. The summed E-state index contributed by atoms with van der Waals surface area (Å²) in [6.45, 7) is 2.19. The van der Waals surface area contributed by atoms with Crippen LogP contribution >= 0.6 is 11.5 Å². The van der Waals surface area contributed by atoms with Crippen LogP contribution in [0.25, 0.3) is 27.6 Å². The summed E-state index contributed by atoms with van der Waals surface area (Å²) in [6, 6.07) is 12.0. The lowest BCUT2D eigenvalue weighted by Crippen LogP contribution is -2.23. The summed E-state index contributed by atoms with van der Waals surface area (Å²) in [5.74, 6) is -0.258. The Morgan fingerprint density at radius 1 is 1.12 bits per heavy atom. The molecule has 3 heterocycles. The maximum Gasteiger partial charge on any atom is 0.416 e. The van der Waals surface area contributed by atoms with Gasteiger partial charge in [0.1, 0.15) is 6.33 Å². The average molecular weight is 467 g/mol. The molecule has 1 N–H and O–H groups in total. The summed E-state index contributed by atoms with van der Waals surface area (Å²) in [7, 11) is 0. The Balaban J connectivity index is 1.55. The highest BCUT2D eigenvalue weighted by Crippen LogP contribution is 2.37. The van der Waals surface area contributed by atoms with E-state index in [0.717, 1.165) is 33.3 Å². The maximum atomic E-state index is 13.0. The van der Waals surface area contributed by atoms with Gasteiger partial charge in [-0.05, 0) is 67.0 Å². The standard InChI is InChI=1S/C23H16F3N5OS/c1-13-20-18-10-14(22(32)28-11-16-8-9-27-12-29-16)2-7-19(18)31(21(20)30-33-13)17-5-3-15(4-6-17)23(24,25)26/h2-10,12H,11H2,1H3,(H,28,32). The monoisotopic (exact) mass is 467 g/mol. The zero-order valence-corrected chi connectivity index (χ0v) is 18.0. The Kier molecular flexibility index (Phi) is 5.09. The number of amides is 1. The van der Waals surface area contributed by atoms with E-state index in [1.54, 1.807) is 30.5 Å². The summed E-state index contributed by atoms with van der Waals surface area (Å²) in [6.07, 6.45) is -1.38. The molecule has 0 bridgehead atoms. The van der Waals surface area contributed by atoms with E-state index in [1.165, 1.54) is 30.0 Å². The number of carbonyl (C=O) groups is 1. The maximum absolute atomic E-state index is 13.0. The zero-order valence-electron chi connectivity index (χ0n) is 17.2. The van der Waals surface area contributed by atoms with E-state index in [-0.39, 0.29) is 12.5 Å². The number of benzene rings is 2. The van der Waals surface area contributed by atoms with Crippen LogP contribution in [0.5, 0.6) is 0 Å². The van der Waals surface area contributed by atoms with Crippen molar-refractivity contribution in [2.45, 2.75) is 19.6 Å². The van der Waals surface area contributed by atoms with Crippen molar-refractivity contribution in [3.05, 3.63) is 82.8 Å². The number of aromatic nitrogens is 4. The van der Waals surface area contributed by atoms with Crippen molar-refractivity contribution < 1.29 is 18.0 Å². The first-order chi connectivity index (χ1) is 15.8. The van der Waals surface area contributed by atoms with Crippen molar-refractivity contribution >= 4 is 39.4 Å². The molecule has 5 rings (SSSR count). The van der Waals surface area contributed by atoms with E-state index in [9.17, 15) is 18.0 Å². The van der Waals surface area contributed by atoms with E-state index in [1.807, 2.05) is 11.5 Å². The molecule has 10 heteroatoms. The minimum atomic E-state index is -4.40. The molecule has 0 atom stereocenters. The molecule has 0 aliphatic rings. The van der Waals surface area contributed by atoms with Crippen LogP contribution in [0.1, 0.15) is 26.5 Å². The first-order valence-electron chi connectivity index (χ1n) is 9.94. The lowest BCUT2D eigenvalue weighted by atomic mass is 10.1. The smallest absolute Gasteiger partial charge is 0.346 e. The molecule has 0 saturated heterocycles. The highest BCUT2D eigenvalue weighted by Gasteiger charge is 2.30. The summed E-state index contributed by atoms with van der Waals surface area (Å²) in [4.78, 5) is 21.7. The highest BCUT2D eigenvalue weighted by atomic mass is 32.1. The number of rotatable bonds is 4. The fraction of sp³-hybridized carbons (Fsp3) is 0.130.